The molecule has 1 fully saturated rings. The molecule has 0 aliphatic heterocycles. The molecule has 2 rings (SSSR count). The summed E-state index contributed by atoms with van der Waals surface area (Å²) in [6, 6.07) is 0. The maximum atomic E-state index is 11.1. The molecule has 2 aliphatic rings. The number of amides is 1. The summed E-state index contributed by atoms with van der Waals surface area (Å²) in [7, 11) is 0.750. The molecule has 0 bridgehead atoms. The Bertz CT molecular complexity index is 394. The van der Waals surface area contributed by atoms with Crippen LogP contribution in [0.2, 0.25) is 13.1 Å². The molecular weight excluding hydrogens is 441 g/mol. The van der Waals surface area contributed by atoms with Gasteiger partial charge in [-0.15, -0.1) is 0 Å². The Labute approximate surface area is 204 Å². The molecule has 0 aromatic heterocycles. The second kappa shape index (κ2) is 25.5. The van der Waals surface area contributed by atoms with Gasteiger partial charge in [0.2, 0.25) is 0 Å². The minimum Gasteiger partial charge on any atom is -1.00 e. The van der Waals surface area contributed by atoms with Gasteiger partial charge >= 0.3 is 21.7 Å². The van der Waals surface area contributed by atoms with Crippen LogP contribution in [0.5, 0.6) is 0 Å². The third kappa shape index (κ3) is 22.7. The summed E-state index contributed by atoms with van der Waals surface area (Å²) in [5, 5.41) is 0. The van der Waals surface area contributed by atoms with E-state index in [0.717, 1.165) is 35.2 Å². The summed E-state index contributed by atoms with van der Waals surface area (Å²) in [6.07, 6.45) is 20.9. The molecule has 0 saturated heterocycles. The van der Waals surface area contributed by atoms with Gasteiger partial charge < -0.3 is 35.3 Å². The SMILES string of the molecule is CC1=[C-]C(C)C=C1.C[SiH]C.[Cl-].[Cl-].[NH-]C(=O)C1CCCCCCCCCCC1.[Ti+4]. The molecule has 0 spiro atoms. The van der Waals surface area contributed by atoms with E-state index in [9.17, 15) is 4.79 Å². The zero-order valence-electron chi connectivity index (χ0n) is 18.3. The van der Waals surface area contributed by atoms with Crippen molar-refractivity contribution in [1.82, 2.24) is 0 Å². The number of nitrogens with one attached hydrogen (secondary N) is 1. The smallest absolute Gasteiger partial charge is 1.00 e. The molecule has 1 saturated carbocycles. The molecule has 28 heavy (non-hydrogen) atoms. The van der Waals surface area contributed by atoms with Crippen molar-refractivity contribution in [3.05, 3.63) is 29.5 Å². The Hall–Kier alpha value is 0.461. The van der Waals surface area contributed by atoms with E-state index in [-0.39, 0.29) is 58.4 Å². The van der Waals surface area contributed by atoms with Crippen LogP contribution in [0.4, 0.5) is 0 Å². The molecule has 1 unspecified atom stereocenters. The van der Waals surface area contributed by atoms with Crippen molar-refractivity contribution in [2.24, 2.45) is 11.8 Å². The van der Waals surface area contributed by atoms with Gasteiger partial charge in [0, 0.05) is 15.4 Å². The van der Waals surface area contributed by atoms with E-state index < -0.39 is 0 Å². The van der Waals surface area contributed by atoms with Gasteiger partial charge in [-0.05, 0) is 12.8 Å². The summed E-state index contributed by atoms with van der Waals surface area (Å²) in [5.74, 6) is 0.275. The summed E-state index contributed by atoms with van der Waals surface area (Å²) in [5.41, 5.74) is 8.50. The van der Waals surface area contributed by atoms with E-state index in [1.54, 1.807) is 0 Å². The van der Waals surface area contributed by atoms with Crippen LogP contribution in [-0.4, -0.2) is 15.4 Å². The quantitative estimate of drug-likeness (QED) is 0.406. The minimum atomic E-state index is -0.327. The third-order valence-corrected chi connectivity index (χ3v) is 4.57. The van der Waals surface area contributed by atoms with E-state index in [4.69, 9.17) is 5.73 Å². The van der Waals surface area contributed by atoms with Crippen LogP contribution in [0.1, 0.15) is 84.5 Å². The van der Waals surface area contributed by atoms with Crippen molar-refractivity contribution < 1.29 is 51.3 Å². The maximum absolute atomic E-state index is 11.1. The fourth-order valence-corrected chi connectivity index (χ4v) is 3.17. The fraction of sp³-hybridized carbons (Fsp3) is 0.773. The maximum Gasteiger partial charge on any atom is 4.00 e. The molecule has 2 aliphatic carbocycles. The van der Waals surface area contributed by atoms with E-state index in [1.165, 1.54) is 50.5 Å². The van der Waals surface area contributed by atoms with Crippen LogP contribution >= 0.6 is 0 Å². The van der Waals surface area contributed by atoms with Gasteiger partial charge in [-0.1, -0.05) is 90.6 Å². The number of carbonyl (C=O) groups is 1. The van der Waals surface area contributed by atoms with E-state index >= 15 is 0 Å². The second-order valence-electron chi connectivity index (χ2n) is 7.37. The first-order valence-electron chi connectivity index (χ1n) is 10.3. The van der Waals surface area contributed by atoms with E-state index in [0.29, 0.717) is 5.92 Å². The molecular formula is C22H40Cl2NOSiTi. The van der Waals surface area contributed by atoms with Gasteiger partial charge in [-0.3, -0.25) is 6.08 Å². The average Bonchev–Trinajstić information content (AvgIpc) is 2.92. The third-order valence-electron chi connectivity index (χ3n) is 4.57. The summed E-state index contributed by atoms with van der Waals surface area (Å²) in [6.45, 7) is 8.62. The molecule has 0 aromatic rings. The molecule has 0 aromatic carbocycles. The second-order valence-corrected chi connectivity index (χ2v) is 8.53. The largest absolute Gasteiger partial charge is 4.00 e. The Morgan fingerprint density at radius 2 is 1.32 bits per heavy atom. The zero-order valence-corrected chi connectivity index (χ0v) is 22.6. The van der Waals surface area contributed by atoms with Gasteiger partial charge in [0.1, 0.15) is 0 Å². The Morgan fingerprint density at radius 3 is 1.54 bits per heavy atom. The predicted molar refractivity (Wildman–Crippen MR) is 113 cm³/mol. The van der Waals surface area contributed by atoms with Crippen LogP contribution in [0, 0.1) is 17.9 Å². The monoisotopic (exact) mass is 480 g/mol. The average molecular weight is 481 g/mol. The van der Waals surface area contributed by atoms with Crippen molar-refractivity contribution in [1.29, 1.82) is 0 Å². The molecule has 1 atom stereocenters. The Kier molecular flexibility index (Phi) is 32.7. The first kappa shape index (κ1) is 35.9. The topological polar surface area (TPSA) is 40.9 Å². The van der Waals surface area contributed by atoms with Gasteiger partial charge in [0.05, 0.1) is 5.91 Å². The van der Waals surface area contributed by atoms with Gasteiger partial charge in [-0.25, -0.2) is 11.6 Å². The van der Waals surface area contributed by atoms with Crippen molar-refractivity contribution in [2.75, 3.05) is 0 Å². The molecule has 2 nitrogen and oxygen atoms in total. The van der Waals surface area contributed by atoms with Crippen LogP contribution in [0.25, 0.3) is 5.73 Å². The first-order chi connectivity index (χ1) is 12.0. The molecule has 1 amide bonds. The first-order valence-corrected chi connectivity index (χ1v) is 12.6. The van der Waals surface area contributed by atoms with Crippen molar-refractivity contribution in [2.45, 2.75) is 97.6 Å². The molecule has 1 radical (unpaired) electrons. The van der Waals surface area contributed by atoms with Crippen LogP contribution in [-0.2, 0) is 26.5 Å². The number of allylic oxidation sites excluding steroid dienone is 4. The van der Waals surface area contributed by atoms with E-state index in [1.807, 2.05) is 0 Å². The molecule has 6 heteroatoms. The Morgan fingerprint density at radius 1 is 0.964 bits per heavy atom. The minimum absolute atomic E-state index is 0. The molecule has 0 heterocycles. The molecule has 161 valence electrons. The van der Waals surface area contributed by atoms with Gasteiger partial charge in [-0.2, -0.15) is 6.08 Å². The van der Waals surface area contributed by atoms with Crippen LogP contribution in [0.15, 0.2) is 17.7 Å². The normalized spacial score (nSPS) is 19.9. The summed E-state index contributed by atoms with van der Waals surface area (Å²) >= 11 is 0. The van der Waals surface area contributed by atoms with Crippen LogP contribution < -0.4 is 24.8 Å². The van der Waals surface area contributed by atoms with Crippen molar-refractivity contribution in [3.8, 4) is 0 Å². The number of rotatable bonds is 1. The summed E-state index contributed by atoms with van der Waals surface area (Å²) in [4.78, 5) is 11.1. The molecule has 1 N–H and O–H groups in total. The fourth-order valence-electron chi connectivity index (χ4n) is 3.17. The summed E-state index contributed by atoms with van der Waals surface area (Å²) < 4.78 is 0. The number of hydrogen-bond acceptors (Lipinski definition) is 1. The van der Waals surface area contributed by atoms with Gasteiger partial charge in [0.15, 0.2) is 0 Å². The standard InChI is InChI=1S/C13H25NO.C7H9.C2H7Si.2ClH.Ti/c14-13(15)12-10-8-6-4-2-1-3-5-7-9-11-12;1-6-3-4-7(2)5-6;1-3-2;;;/h12H,1-11H2,(H2,14,15);3-4,6H,1-2H3;3H,1-2H3;2*1H;/q;-1;;;;+4/p-3. The van der Waals surface area contributed by atoms with Crippen LogP contribution in [0.3, 0.4) is 0 Å². The number of halogens is 2. The number of carbonyl (C=O) groups excluding carboxylic acids is 1. The van der Waals surface area contributed by atoms with E-state index in [2.05, 4.69) is 45.2 Å². The van der Waals surface area contributed by atoms with Crippen molar-refractivity contribution >= 4 is 15.4 Å². The van der Waals surface area contributed by atoms with Gasteiger partial charge in [0.25, 0.3) is 0 Å². The Balaban J connectivity index is -0.000000188. The zero-order chi connectivity index (χ0) is 18.9. The number of hydrogen-bond donors (Lipinski definition) is 0. The predicted octanol–water partition coefficient (Wildman–Crippen LogP) is 0.952. The van der Waals surface area contributed by atoms with Crippen molar-refractivity contribution in [3.63, 3.8) is 0 Å².